The van der Waals surface area contributed by atoms with Crippen molar-refractivity contribution in [1.82, 2.24) is 9.55 Å². The van der Waals surface area contributed by atoms with Gasteiger partial charge in [-0.25, -0.2) is 13.8 Å². The summed E-state index contributed by atoms with van der Waals surface area (Å²) in [7, 11) is 1.64. The molecule has 0 atom stereocenters. The van der Waals surface area contributed by atoms with Crippen LogP contribution in [0.4, 0.5) is 14.7 Å². The Kier molecular flexibility index (Phi) is 4.41. The third-order valence-electron chi connectivity index (χ3n) is 4.30. The normalized spacial score (nSPS) is 15.1. The molecule has 1 saturated carbocycles. The second kappa shape index (κ2) is 6.48. The van der Waals surface area contributed by atoms with E-state index in [2.05, 4.69) is 10.3 Å². The van der Waals surface area contributed by atoms with Crippen molar-refractivity contribution in [2.45, 2.75) is 38.1 Å². The zero-order chi connectivity index (χ0) is 16.4. The molecule has 0 saturated heterocycles. The largest absolute Gasteiger partial charge is 0.353 e. The predicted molar refractivity (Wildman–Crippen MR) is 84.5 cm³/mol. The van der Waals surface area contributed by atoms with Gasteiger partial charge in [0.15, 0.2) is 0 Å². The molecule has 1 aromatic heterocycles. The maximum atomic E-state index is 13.8. The molecule has 23 heavy (non-hydrogen) atoms. The van der Waals surface area contributed by atoms with Crippen LogP contribution in [0.5, 0.6) is 0 Å². The predicted octanol–water partition coefficient (Wildman–Crippen LogP) is 3.00. The van der Waals surface area contributed by atoms with E-state index in [-0.39, 0.29) is 17.5 Å². The van der Waals surface area contributed by atoms with Gasteiger partial charge in [0.25, 0.3) is 5.56 Å². The molecule has 1 N–H and O–H groups in total. The van der Waals surface area contributed by atoms with E-state index in [9.17, 15) is 13.6 Å². The number of hydrogen-bond donors (Lipinski definition) is 1. The molecule has 6 heteroatoms. The Morgan fingerprint density at radius 1 is 1.26 bits per heavy atom. The molecule has 1 aliphatic carbocycles. The van der Waals surface area contributed by atoms with Gasteiger partial charge in [-0.15, -0.1) is 0 Å². The first-order valence-electron chi connectivity index (χ1n) is 7.81. The van der Waals surface area contributed by atoms with Gasteiger partial charge in [0.1, 0.15) is 11.6 Å². The number of aromatic nitrogens is 2. The second-order valence-electron chi connectivity index (χ2n) is 5.97. The fourth-order valence-corrected chi connectivity index (χ4v) is 2.94. The topological polar surface area (TPSA) is 46.9 Å². The highest BCUT2D eigenvalue weighted by molar-refractivity contribution is 5.32. The van der Waals surface area contributed by atoms with Crippen LogP contribution in [0.1, 0.15) is 36.9 Å². The minimum Gasteiger partial charge on any atom is -0.353 e. The molecule has 0 amide bonds. The van der Waals surface area contributed by atoms with Gasteiger partial charge in [0, 0.05) is 31.1 Å². The summed E-state index contributed by atoms with van der Waals surface area (Å²) in [5.74, 6) is -0.799. The van der Waals surface area contributed by atoms with E-state index in [0.29, 0.717) is 17.7 Å². The highest BCUT2D eigenvalue weighted by atomic mass is 19.1. The number of benzene rings is 1. The van der Waals surface area contributed by atoms with Crippen molar-refractivity contribution in [3.8, 4) is 0 Å². The summed E-state index contributed by atoms with van der Waals surface area (Å²) in [4.78, 5) is 16.5. The van der Waals surface area contributed by atoms with Gasteiger partial charge in [0.05, 0.1) is 5.69 Å². The average molecular weight is 319 g/mol. The maximum absolute atomic E-state index is 13.8. The number of rotatable bonds is 4. The van der Waals surface area contributed by atoms with Gasteiger partial charge < -0.3 is 5.32 Å². The number of anilines is 1. The zero-order valence-corrected chi connectivity index (χ0v) is 13.0. The lowest BCUT2D eigenvalue weighted by atomic mass is 10.1. The van der Waals surface area contributed by atoms with Crippen molar-refractivity contribution in [3.05, 3.63) is 57.5 Å². The van der Waals surface area contributed by atoms with Crippen molar-refractivity contribution in [3.63, 3.8) is 0 Å². The summed E-state index contributed by atoms with van der Waals surface area (Å²) >= 11 is 0. The molecule has 1 fully saturated rings. The van der Waals surface area contributed by atoms with Crippen LogP contribution < -0.4 is 10.9 Å². The molecule has 4 nitrogen and oxygen atoms in total. The SMILES string of the molecule is Cn1c(NC2CCCC2)nc(Cc2c(F)cccc2F)cc1=O. The fourth-order valence-electron chi connectivity index (χ4n) is 2.94. The first-order chi connectivity index (χ1) is 11.0. The van der Waals surface area contributed by atoms with Gasteiger partial charge >= 0.3 is 0 Å². The summed E-state index contributed by atoms with van der Waals surface area (Å²) in [5, 5.41) is 3.27. The second-order valence-corrected chi connectivity index (χ2v) is 5.97. The zero-order valence-electron chi connectivity index (χ0n) is 13.0. The third kappa shape index (κ3) is 3.41. The van der Waals surface area contributed by atoms with Crippen molar-refractivity contribution in [1.29, 1.82) is 0 Å². The molecule has 0 aliphatic heterocycles. The lowest BCUT2D eigenvalue weighted by Crippen LogP contribution is -2.26. The summed E-state index contributed by atoms with van der Waals surface area (Å²) in [6.45, 7) is 0. The quantitative estimate of drug-likeness (QED) is 0.942. The monoisotopic (exact) mass is 319 g/mol. The van der Waals surface area contributed by atoms with Crippen LogP contribution in [0.15, 0.2) is 29.1 Å². The van der Waals surface area contributed by atoms with Crippen molar-refractivity contribution in [2.24, 2.45) is 7.05 Å². The highest BCUT2D eigenvalue weighted by Gasteiger charge is 2.18. The molecule has 0 spiro atoms. The van der Waals surface area contributed by atoms with E-state index in [1.807, 2.05) is 0 Å². The van der Waals surface area contributed by atoms with E-state index in [1.54, 1.807) is 7.05 Å². The molecule has 122 valence electrons. The summed E-state index contributed by atoms with van der Waals surface area (Å²) in [5.41, 5.74) is 0.0462. The minimum absolute atomic E-state index is 0.0477. The lowest BCUT2D eigenvalue weighted by Gasteiger charge is -2.16. The smallest absolute Gasteiger partial charge is 0.254 e. The fraction of sp³-hybridized carbons (Fsp3) is 0.412. The van der Waals surface area contributed by atoms with Gasteiger partial charge in [-0.1, -0.05) is 18.9 Å². The molecule has 0 unspecified atom stereocenters. The summed E-state index contributed by atoms with van der Waals surface area (Å²) < 4.78 is 29.0. The van der Waals surface area contributed by atoms with Crippen LogP contribution in [0.2, 0.25) is 0 Å². The molecule has 0 bridgehead atoms. The van der Waals surface area contributed by atoms with Crippen LogP contribution in [-0.2, 0) is 13.5 Å². The Bertz CT molecular complexity index is 747. The highest BCUT2D eigenvalue weighted by Crippen LogP contribution is 2.21. The van der Waals surface area contributed by atoms with Crippen molar-refractivity contribution < 1.29 is 8.78 Å². The van der Waals surface area contributed by atoms with E-state index >= 15 is 0 Å². The molecular weight excluding hydrogens is 300 g/mol. The van der Waals surface area contributed by atoms with E-state index < -0.39 is 11.6 Å². The van der Waals surface area contributed by atoms with Crippen molar-refractivity contribution >= 4 is 5.95 Å². The Balaban J connectivity index is 1.90. The van der Waals surface area contributed by atoms with E-state index in [1.165, 1.54) is 28.8 Å². The molecule has 1 aliphatic rings. The Hall–Kier alpha value is -2.24. The van der Waals surface area contributed by atoms with Crippen LogP contribution in [0.3, 0.4) is 0 Å². The number of nitrogens with one attached hydrogen (secondary N) is 1. The lowest BCUT2D eigenvalue weighted by molar-refractivity contribution is 0.560. The summed E-state index contributed by atoms with van der Waals surface area (Å²) in [6.07, 6.45) is 4.36. The average Bonchev–Trinajstić information content (AvgIpc) is 3.01. The van der Waals surface area contributed by atoms with Gasteiger partial charge in [0.2, 0.25) is 5.95 Å². The third-order valence-corrected chi connectivity index (χ3v) is 4.30. The first-order valence-corrected chi connectivity index (χ1v) is 7.81. The van der Waals surface area contributed by atoms with Crippen LogP contribution in [0.25, 0.3) is 0 Å². The molecule has 1 aromatic carbocycles. The standard InChI is InChI=1S/C17H19F2N3O/c1-22-16(23)10-12(9-13-14(18)7-4-8-15(13)19)21-17(22)20-11-5-2-3-6-11/h4,7-8,10-11H,2-3,5-6,9H2,1H3,(H,20,21). The molecule has 3 rings (SSSR count). The summed E-state index contributed by atoms with van der Waals surface area (Å²) in [6, 6.07) is 5.35. The number of nitrogens with zero attached hydrogens (tertiary/aromatic N) is 2. The van der Waals surface area contributed by atoms with Crippen LogP contribution in [0, 0.1) is 11.6 Å². The molecule has 0 radical (unpaired) electrons. The first kappa shape index (κ1) is 15.6. The van der Waals surface area contributed by atoms with Crippen LogP contribution in [-0.4, -0.2) is 15.6 Å². The minimum atomic E-state index is -0.627. The number of hydrogen-bond acceptors (Lipinski definition) is 3. The van der Waals surface area contributed by atoms with Gasteiger partial charge in [-0.3, -0.25) is 9.36 Å². The van der Waals surface area contributed by atoms with E-state index in [0.717, 1.165) is 25.7 Å². The Labute approximate surface area is 133 Å². The van der Waals surface area contributed by atoms with Gasteiger partial charge in [-0.2, -0.15) is 0 Å². The number of halogens is 2. The maximum Gasteiger partial charge on any atom is 0.254 e. The van der Waals surface area contributed by atoms with Crippen LogP contribution >= 0.6 is 0 Å². The van der Waals surface area contributed by atoms with Gasteiger partial charge in [-0.05, 0) is 25.0 Å². The Morgan fingerprint density at radius 2 is 1.91 bits per heavy atom. The molecular formula is C17H19F2N3O. The molecule has 2 aromatic rings. The van der Waals surface area contributed by atoms with Crippen molar-refractivity contribution in [2.75, 3.05) is 5.32 Å². The Morgan fingerprint density at radius 3 is 2.57 bits per heavy atom. The van der Waals surface area contributed by atoms with E-state index in [4.69, 9.17) is 0 Å². The molecule has 1 heterocycles.